The van der Waals surface area contributed by atoms with Gasteiger partial charge < -0.3 is 19.7 Å². The molecule has 1 aliphatic carbocycles. The number of rotatable bonds is 6. The molecular weight excluding hydrogens is 382 g/mol. The van der Waals surface area contributed by atoms with Gasteiger partial charge in [0.2, 0.25) is 5.88 Å². The zero-order chi connectivity index (χ0) is 20.9. The maximum absolute atomic E-state index is 12.4. The number of benzene rings is 1. The van der Waals surface area contributed by atoms with E-state index in [0.717, 1.165) is 42.5 Å². The molecule has 2 aromatic heterocycles. The molecule has 4 rings (SSSR count). The van der Waals surface area contributed by atoms with E-state index in [2.05, 4.69) is 15.5 Å². The zero-order valence-electron chi connectivity index (χ0n) is 16.9. The number of aryl methyl sites for hydroxylation is 1. The van der Waals surface area contributed by atoms with Gasteiger partial charge in [0, 0.05) is 17.8 Å². The van der Waals surface area contributed by atoms with E-state index in [1.54, 1.807) is 12.1 Å². The summed E-state index contributed by atoms with van der Waals surface area (Å²) in [5.41, 5.74) is 3.00. The van der Waals surface area contributed by atoms with Crippen molar-refractivity contribution >= 4 is 5.91 Å². The Morgan fingerprint density at radius 1 is 1.20 bits per heavy atom. The van der Waals surface area contributed by atoms with Crippen molar-refractivity contribution in [3.05, 3.63) is 65.5 Å². The fourth-order valence-electron chi connectivity index (χ4n) is 3.66. The summed E-state index contributed by atoms with van der Waals surface area (Å²) in [5, 5.41) is 17.1. The largest absolute Gasteiger partial charge is 0.473 e. The molecule has 1 aliphatic rings. The SMILES string of the molecule is Cc1onc(-c2ccccc2)c1COc1ccc(C(=O)N[C@H]2CCCC[C@H]2O)cn1. The number of aliphatic hydroxyl groups excluding tert-OH is 1. The van der Waals surface area contributed by atoms with Gasteiger partial charge in [0.25, 0.3) is 5.91 Å². The molecule has 0 saturated heterocycles. The average Bonchev–Trinajstić information content (AvgIpc) is 3.15. The Kier molecular flexibility index (Phi) is 6.09. The van der Waals surface area contributed by atoms with Crippen LogP contribution in [0.4, 0.5) is 0 Å². The molecule has 30 heavy (non-hydrogen) atoms. The molecule has 1 saturated carbocycles. The van der Waals surface area contributed by atoms with Gasteiger partial charge in [0.05, 0.1) is 23.3 Å². The highest BCUT2D eigenvalue weighted by atomic mass is 16.5. The number of carbonyl (C=O) groups excluding carboxylic acids is 1. The van der Waals surface area contributed by atoms with Crippen LogP contribution in [0.15, 0.2) is 53.2 Å². The summed E-state index contributed by atoms with van der Waals surface area (Å²) in [5.74, 6) is 0.862. The lowest BCUT2D eigenvalue weighted by atomic mass is 9.92. The Bertz CT molecular complexity index is 985. The summed E-state index contributed by atoms with van der Waals surface area (Å²) < 4.78 is 11.2. The second-order valence-corrected chi connectivity index (χ2v) is 7.54. The molecule has 0 radical (unpaired) electrons. The molecule has 156 valence electrons. The second kappa shape index (κ2) is 9.09. The summed E-state index contributed by atoms with van der Waals surface area (Å²) in [7, 11) is 0. The van der Waals surface area contributed by atoms with Gasteiger partial charge in [0.15, 0.2) is 0 Å². The van der Waals surface area contributed by atoms with E-state index < -0.39 is 6.10 Å². The smallest absolute Gasteiger partial charge is 0.253 e. The van der Waals surface area contributed by atoms with E-state index in [1.807, 2.05) is 37.3 Å². The molecule has 1 aromatic carbocycles. The Balaban J connectivity index is 1.39. The molecule has 1 fully saturated rings. The third-order valence-corrected chi connectivity index (χ3v) is 5.44. The summed E-state index contributed by atoms with van der Waals surface area (Å²) in [6.07, 6.45) is 4.54. The minimum atomic E-state index is -0.483. The number of aromatic nitrogens is 2. The third-order valence-electron chi connectivity index (χ3n) is 5.44. The number of nitrogens with zero attached hydrogens (tertiary/aromatic N) is 2. The highest BCUT2D eigenvalue weighted by Gasteiger charge is 2.25. The normalized spacial score (nSPS) is 18.7. The summed E-state index contributed by atoms with van der Waals surface area (Å²) >= 11 is 0. The van der Waals surface area contributed by atoms with E-state index in [9.17, 15) is 9.90 Å². The lowest BCUT2D eigenvalue weighted by Gasteiger charge is -2.28. The fraction of sp³-hybridized carbons (Fsp3) is 0.348. The number of pyridine rings is 1. The van der Waals surface area contributed by atoms with E-state index in [0.29, 0.717) is 17.2 Å². The topological polar surface area (TPSA) is 97.5 Å². The lowest BCUT2D eigenvalue weighted by Crippen LogP contribution is -2.45. The van der Waals surface area contributed by atoms with Crippen molar-refractivity contribution in [3.63, 3.8) is 0 Å². The molecule has 0 aliphatic heterocycles. The van der Waals surface area contributed by atoms with Crippen LogP contribution in [0.1, 0.15) is 47.4 Å². The first kappa shape index (κ1) is 20.1. The highest BCUT2D eigenvalue weighted by molar-refractivity contribution is 5.94. The number of amides is 1. The van der Waals surface area contributed by atoms with Crippen LogP contribution in [0.2, 0.25) is 0 Å². The van der Waals surface area contributed by atoms with Crippen LogP contribution >= 0.6 is 0 Å². The standard InChI is InChI=1S/C23H25N3O4/c1-15-18(22(26-30-15)16-7-3-2-4-8-16)14-29-21-12-11-17(13-24-21)23(28)25-19-9-5-6-10-20(19)27/h2-4,7-8,11-13,19-20,27H,5-6,9-10,14H2,1H3,(H,25,28)/t19-,20+/m0/s1. The molecule has 2 atom stereocenters. The first-order valence-corrected chi connectivity index (χ1v) is 10.2. The Morgan fingerprint density at radius 2 is 2.00 bits per heavy atom. The highest BCUT2D eigenvalue weighted by Crippen LogP contribution is 2.26. The van der Waals surface area contributed by atoms with Crippen molar-refractivity contribution in [2.75, 3.05) is 0 Å². The van der Waals surface area contributed by atoms with Gasteiger partial charge in [-0.2, -0.15) is 0 Å². The van der Waals surface area contributed by atoms with Crippen LogP contribution in [-0.2, 0) is 6.61 Å². The van der Waals surface area contributed by atoms with E-state index in [4.69, 9.17) is 9.26 Å². The molecule has 1 amide bonds. The first-order valence-electron chi connectivity index (χ1n) is 10.2. The van der Waals surface area contributed by atoms with E-state index in [1.165, 1.54) is 6.20 Å². The van der Waals surface area contributed by atoms with Gasteiger partial charge in [-0.1, -0.05) is 48.3 Å². The lowest BCUT2D eigenvalue weighted by molar-refractivity contribution is 0.0717. The van der Waals surface area contributed by atoms with Gasteiger partial charge in [-0.05, 0) is 25.8 Å². The number of aliphatic hydroxyl groups is 1. The number of carbonyl (C=O) groups is 1. The minimum absolute atomic E-state index is 0.199. The molecule has 7 nitrogen and oxygen atoms in total. The quantitative estimate of drug-likeness (QED) is 0.647. The molecule has 2 N–H and O–H groups in total. The van der Waals surface area contributed by atoms with E-state index in [-0.39, 0.29) is 18.6 Å². The average molecular weight is 407 g/mol. The fourth-order valence-corrected chi connectivity index (χ4v) is 3.66. The molecule has 0 bridgehead atoms. The number of hydrogen-bond donors (Lipinski definition) is 2. The van der Waals surface area contributed by atoms with Gasteiger partial charge in [-0.25, -0.2) is 4.98 Å². The maximum atomic E-state index is 12.4. The van der Waals surface area contributed by atoms with Crippen molar-refractivity contribution < 1.29 is 19.2 Å². The molecule has 0 unspecified atom stereocenters. The summed E-state index contributed by atoms with van der Waals surface area (Å²) in [6, 6.07) is 12.9. The zero-order valence-corrected chi connectivity index (χ0v) is 16.9. The van der Waals surface area contributed by atoms with Crippen molar-refractivity contribution in [2.24, 2.45) is 0 Å². The summed E-state index contributed by atoms with van der Waals surface area (Å²) in [6.45, 7) is 2.10. The third kappa shape index (κ3) is 4.52. The first-order chi connectivity index (χ1) is 14.6. The molecule has 0 spiro atoms. The molecule has 3 aromatic rings. The number of hydrogen-bond acceptors (Lipinski definition) is 6. The van der Waals surface area contributed by atoms with Gasteiger partial charge >= 0.3 is 0 Å². The molecule has 7 heteroatoms. The van der Waals surface area contributed by atoms with Crippen LogP contribution in [-0.4, -0.2) is 33.3 Å². The van der Waals surface area contributed by atoms with Crippen LogP contribution in [0.3, 0.4) is 0 Å². The van der Waals surface area contributed by atoms with Crippen LogP contribution in [0, 0.1) is 6.92 Å². The number of nitrogens with one attached hydrogen (secondary N) is 1. The van der Waals surface area contributed by atoms with Crippen molar-refractivity contribution in [1.29, 1.82) is 0 Å². The van der Waals surface area contributed by atoms with Crippen molar-refractivity contribution in [2.45, 2.75) is 51.4 Å². The monoisotopic (exact) mass is 407 g/mol. The van der Waals surface area contributed by atoms with Crippen LogP contribution < -0.4 is 10.1 Å². The van der Waals surface area contributed by atoms with E-state index >= 15 is 0 Å². The number of ether oxygens (including phenoxy) is 1. The molecular formula is C23H25N3O4. The van der Waals surface area contributed by atoms with Crippen molar-refractivity contribution in [1.82, 2.24) is 15.5 Å². The minimum Gasteiger partial charge on any atom is -0.473 e. The predicted molar refractivity (Wildman–Crippen MR) is 111 cm³/mol. The Morgan fingerprint density at radius 3 is 2.73 bits per heavy atom. The van der Waals surface area contributed by atoms with Crippen LogP contribution in [0.5, 0.6) is 5.88 Å². The van der Waals surface area contributed by atoms with Crippen molar-refractivity contribution in [3.8, 4) is 17.1 Å². The van der Waals surface area contributed by atoms with Gasteiger partial charge in [-0.15, -0.1) is 0 Å². The Hall–Kier alpha value is -3.19. The predicted octanol–water partition coefficient (Wildman–Crippen LogP) is 3.66. The van der Waals surface area contributed by atoms with Crippen LogP contribution in [0.25, 0.3) is 11.3 Å². The van der Waals surface area contributed by atoms with Gasteiger partial charge in [-0.3, -0.25) is 4.79 Å². The second-order valence-electron chi connectivity index (χ2n) is 7.54. The molecule has 2 heterocycles. The maximum Gasteiger partial charge on any atom is 0.253 e. The Labute approximate surface area is 175 Å². The van der Waals surface area contributed by atoms with Gasteiger partial charge in [0.1, 0.15) is 18.1 Å². The summed E-state index contributed by atoms with van der Waals surface area (Å²) in [4.78, 5) is 16.7.